The van der Waals surface area contributed by atoms with Gasteiger partial charge in [0.25, 0.3) is 0 Å². The van der Waals surface area contributed by atoms with E-state index in [-0.39, 0.29) is 0 Å². The lowest BCUT2D eigenvalue weighted by molar-refractivity contribution is 0.414. The van der Waals surface area contributed by atoms with Crippen LogP contribution in [0.4, 0.5) is 0 Å². The van der Waals surface area contributed by atoms with E-state index in [4.69, 9.17) is 20.5 Å². The predicted octanol–water partition coefficient (Wildman–Crippen LogP) is 3.19. The van der Waals surface area contributed by atoms with Gasteiger partial charge in [0.05, 0.1) is 12.8 Å². The van der Waals surface area contributed by atoms with Crippen molar-refractivity contribution < 1.29 is 4.74 Å². The van der Waals surface area contributed by atoms with Crippen LogP contribution < -0.4 is 10.5 Å². The molecule has 0 saturated carbocycles. The molecule has 1 atom stereocenters. The van der Waals surface area contributed by atoms with E-state index >= 15 is 0 Å². The quantitative estimate of drug-likeness (QED) is 0.777. The highest BCUT2D eigenvalue weighted by Crippen LogP contribution is 2.40. The summed E-state index contributed by atoms with van der Waals surface area (Å²) in [6, 6.07) is 15.8. The first-order valence-corrected chi connectivity index (χ1v) is 8.55. The Kier molecular flexibility index (Phi) is 4.16. The fourth-order valence-electron chi connectivity index (χ4n) is 3.19. The van der Waals surface area contributed by atoms with E-state index in [1.165, 1.54) is 6.33 Å². The zero-order valence-corrected chi connectivity index (χ0v) is 15.1. The number of methoxy groups -OCH3 is 1. The van der Waals surface area contributed by atoms with Crippen LogP contribution in [-0.2, 0) is 5.66 Å². The number of benzene rings is 2. The Labute approximate surface area is 157 Å². The highest BCUT2D eigenvalue weighted by atomic mass is 16.5. The summed E-state index contributed by atoms with van der Waals surface area (Å²) < 4.78 is 5.28. The number of hydrogen-bond donors (Lipinski definition) is 1. The van der Waals surface area contributed by atoms with Crippen molar-refractivity contribution in [1.82, 2.24) is 9.97 Å². The highest BCUT2D eigenvalue weighted by Gasteiger charge is 2.38. The van der Waals surface area contributed by atoms with Crippen molar-refractivity contribution in [3.8, 4) is 16.9 Å². The molecule has 27 heavy (non-hydrogen) atoms. The van der Waals surface area contributed by atoms with Crippen LogP contribution in [0.3, 0.4) is 0 Å². The number of nitrogens with two attached hydrogens (primary N) is 1. The van der Waals surface area contributed by atoms with E-state index in [0.717, 1.165) is 33.7 Å². The van der Waals surface area contributed by atoms with E-state index in [2.05, 4.69) is 16.0 Å². The molecule has 0 aliphatic carbocycles. The third kappa shape index (κ3) is 2.95. The normalized spacial score (nSPS) is 18.7. The molecule has 0 amide bonds. The Hall–Kier alpha value is -3.54. The first-order valence-electron chi connectivity index (χ1n) is 8.55. The third-order valence-corrected chi connectivity index (χ3v) is 4.63. The van der Waals surface area contributed by atoms with Crippen molar-refractivity contribution in [2.45, 2.75) is 12.6 Å². The molecule has 0 spiro atoms. The SMILES string of the molecule is COc1ccc([C@@]2(c3cccc(-c4cncnc4)c3)N=C(C)C(N)=N2)cc1. The van der Waals surface area contributed by atoms with Crippen LogP contribution in [0, 0.1) is 0 Å². The number of ether oxygens (including phenoxy) is 1. The smallest absolute Gasteiger partial charge is 0.204 e. The second-order valence-corrected chi connectivity index (χ2v) is 6.30. The maximum Gasteiger partial charge on any atom is 0.204 e. The Bertz CT molecular complexity index is 1010. The fraction of sp³-hybridized carbons (Fsp3) is 0.143. The second kappa shape index (κ2) is 6.64. The van der Waals surface area contributed by atoms with Crippen LogP contribution in [0.1, 0.15) is 18.1 Å². The average molecular weight is 357 g/mol. The number of hydrogen-bond acceptors (Lipinski definition) is 6. The fourth-order valence-corrected chi connectivity index (χ4v) is 3.19. The molecule has 0 fully saturated rings. The molecular formula is C21H19N5O. The van der Waals surface area contributed by atoms with E-state index in [1.54, 1.807) is 19.5 Å². The molecule has 2 N–H and O–H groups in total. The summed E-state index contributed by atoms with van der Waals surface area (Å²) in [6.45, 7) is 1.87. The van der Waals surface area contributed by atoms with Crippen LogP contribution in [0.5, 0.6) is 5.75 Å². The van der Waals surface area contributed by atoms with Gasteiger partial charge >= 0.3 is 0 Å². The van der Waals surface area contributed by atoms with Crippen LogP contribution in [0.2, 0.25) is 0 Å². The van der Waals surface area contributed by atoms with E-state index < -0.39 is 5.66 Å². The molecule has 0 bridgehead atoms. The zero-order chi connectivity index (χ0) is 18.9. The van der Waals surface area contributed by atoms with Gasteiger partial charge in [0, 0.05) is 29.1 Å². The highest BCUT2D eigenvalue weighted by molar-refractivity contribution is 6.41. The van der Waals surface area contributed by atoms with Gasteiger partial charge in [0.1, 0.15) is 17.9 Å². The van der Waals surface area contributed by atoms with Crippen molar-refractivity contribution in [2.75, 3.05) is 7.11 Å². The van der Waals surface area contributed by atoms with Gasteiger partial charge in [-0.15, -0.1) is 0 Å². The van der Waals surface area contributed by atoms with Gasteiger partial charge in [-0.2, -0.15) is 0 Å². The molecule has 3 aromatic rings. The largest absolute Gasteiger partial charge is 0.497 e. The molecule has 0 saturated heterocycles. The standard InChI is InChI=1S/C21H19N5O/c1-14-20(22)26-21(25-14,17-6-8-19(27-2)9-7-17)18-5-3-4-15(10-18)16-11-23-13-24-12-16/h3-13H,1-2H3,(H2,22,26)/t21-/m1/s1. The maximum atomic E-state index is 6.11. The summed E-state index contributed by atoms with van der Waals surface area (Å²) in [5.41, 5.74) is 9.69. The molecule has 2 heterocycles. The average Bonchev–Trinajstić information content (AvgIpc) is 3.04. The minimum atomic E-state index is -0.911. The zero-order valence-electron chi connectivity index (χ0n) is 15.1. The number of nitrogens with zero attached hydrogens (tertiary/aromatic N) is 4. The first-order chi connectivity index (χ1) is 13.1. The molecule has 1 aliphatic heterocycles. The Morgan fingerprint density at radius 2 is 1.63 bits per heavy atom. The summed E-state index contributed by atoms with van der Waals surface area (Å²) in [7, 11) is 1.64. The van der Waals surface area contributed by atoms with Crippen LogP contribution in [0.15, 0.2) is 77.2 Å². The van der Waals surface area contributed by atoms with Crippen LogP contribution in [-0.4, -0.2) is 28.6 Å². The number of amidine groups is 1. The Balaban J connectivity index is 1.88. The molecule has 6 nitrogen and oxygen atoms in total. The molecule has 1 aliphatic rings. The predicted molar refractivity (Wildman–Crippen MR) is 106 cm³/mol. The van der Waals surface area contributed by atoms with Crippen molar-refractivity contribution in [3.05, 3.63) is 78.4 Å². The van der Waals surface area contributed by atoms with Crippen LogP contribution in [0.25, 0.3) is 11.1 Å². The monoisotopic (exact) mass is 357 g/mol. The van der Waals surface area contributed by atoms with Gasteiger partial charge in [-0.25, -0.2) is 20.0 Å². The molecule has 134 valence electrons. The number of aliphatic imine (C=N–C) groups is 2. The van der Waals surface area contributed by atoms with Crippen LogP contribution >= 0.6 is 0 Å². The van der Waals surface area contributed by atoms with E-state index in [9.17, 15) is 0 Å². The molecular weight excluding hydrogens is 338 g/mol. The lowest BCUT2D eigenvalue weighted by Gasteiger charge is -2.25. The summed E-state index contributed by atoms with van der Waals surface area (Å²) in [5, 5.41) is 0. The van der Waals surface area contributed by atoms with Gasteiger partial charge in [0.2, 0.25) is 5.66 Å². The number of rotatable bonds is 4. The molecule has 0 radical (unpaired) electrons. The minimum Gasteiger partial charge on any atom is -0.497 e. The molecule has 6 heteroatoms. The maximum absolute atomic E-state index is 6.11. The Morgan fingerprint density at radius 1 is 0.889 bits per heavy atom. The van der Waals surface area contributed by atoms with Crippen molar-refractivity contribution in [1.29, 1.82) is 0 Å². The van der Waals surface area contributed by atoms with Crippen molar-refractivity contribution in [3.63, 3.8) is 0 Å². The third-order valence-electron chi connectivity index (χ3n) is 4.63. The molecule has 1 aromatic heterocycles. The van der Waals surface area contributed by atoms with E-state index in [1.807, 2.05) is 49.4 Å². The van der Waals surface area contributed by atoms with Gasteiger partial charge in [-0.1, -0.05) is 30.3 Å². The topological polar surface area (TPSA) is 85.8 Å². The van der Waals surface area contributed by atoms with Gasteiger partial charge in [-0.3, -0.25) is 0 Å². The van der Waals surface area contributed by atoms with Crippen molar-refractivity contribution >= 4 is 11.5 Å². The number of aromatic nitrogens is 2. The van der Waals surface area contributed by atoms with Crippen molar-refractivity contribution in [2.24, 2.45) is 15.7 Å². The molecule has 4 rings (SSSR count). The Morgan fingerprint density at radius 3 is 2.26 bits per heavy atom. The van der Waals surface area contributed by atoms with Gasteiger partial charge in [0.15, 0.2) is 0 Å². The minimum absolute atomic E-state index is 0.444. The summed E-state index contributed by atoms with van der Waals surface area (Å²) in [4.78, 5) is 17.8. The second-order valence-electron chi connectivity index (χ2n) is 6.30. The summed E-state index contributed by atoms with van der Waals surface area (Å²) >= 11 is 0. The molecule has 0 unspecified atom stereocenters. The summed E-state index contributed by atoms with van der Waals surface area (Å²) in [5.74, 6) is 1.22. The lowest BCUT2D eigenvalue weighted by atomic mass is 9.90. The molecule has 2 aromatic carbocycles. The van der Waals surface area contributed by atoms with E-state index in [0.29, 0.717) is 5.84 Å². The van der Waals surface area contributed by atoms with Gasteiger partial charge in [-0.05, 0) is 30.7 Å². The first kappa shape index (κ1) is 16.9. The van der Waals surface area contributed by atoms with Gasteiger partial charge < -0.3 is 10.5 Å². The summed E-state index contributed by atoms with van der Waals surface area (Å²) in [6.07, 6.45) is 5.09. The lowest BCUT2D eigenvalue weighted by Crippen LogP contribution is -2.22.